The molecule has 1 unspecified atom stereocenters. The summed E-state index contributed by atoms with van der Waals surface area (Å²) < 4.78 is 7.76. The summed E-state index contributed by atoms with van der Waals surface area (Å²) in [7, 11) is 0. The average Bonchev–Trinajstić information content (AvgIpc) is 2.40. The van der Waals surface area contributed by atoms with Crippen LogP contribution in [0.5, 0.6) is 0 Å². The molecule has 0 amide bonds. The molecule has 1 fully saturated rings. The maximum Gasteiger partial charge on any atom is 0.0473 e. The van der Waals surface area contributed by atoms with Crippen LogP contribution in [0.1, 0.15) is 30.9 Å². The minimum Gasteiger partial charge on any atom is -0.381 e. The van der Waals surface area contributed by atoms with Gasteiger partial charge in [-0.05, 0) is 71.5 Å². The molecule has 1 aliphatic heterocycles. The molecule has 0 aromatic heterocycles. The normalized spacial score (nSPS) is 18.8. The predicted molar refractivity (Wildman–Crippen MR) is 85.1 cm³/mol. The Morgan fingerprint density at radius 1 is 1.44 bits per heavy atom. The Morgan fingerprint density at radius 2 is 2.17 bits per heavy atom. The highest BCUT2D eigenvalue weighted by Gasteiger charge is 2.21. The van der Waals surface area contributed by atoms with Crippen molar-refractivity contribution in [3.63, 3.8) is 0 Å². The Labute approximate surface area is 130 Å². The van der Waals surface area contributed by atoms with Crippen molar-refractivity contribution >= 4 is 38.5 Å². The molecule has 5 heteroatoms. The zero-order chi connectivity index (χ0) is 13.0. The highest BCUT2D eigenvalue weighted by Crippen LogP contribution is 2.31. The molecule has 0 saturated carbocycles. The molecular formula is C13H18BrIN2O. The van der Waals surface area contributed by atoms with Gasteiger partial charge in [0.25, 0.3) is 0 Å². The average molecular weight is 425 g/mol. The molecule has 2 rings (SSSR count). The van der Waals surface area contributed by atoms with Gasteiger partial charge >= 0.3 is 0 Å². The molecule has 1 heterocycles. The first-order chi connectivity index (χ1) is 8.70. The molecule has 1 aromatic carbocycles. The van der Waals surface area contributed by atoms with Crippen LogP contribution >= 0.6 is 38.5 Å². The predicted octanol–water partition coefficient (Wildman–Crippen LogP) is 3.37. The van der Waals surface area contributed by atoms with E-state index in [-0.39, 0.29) is 6.04 Å². The lowest BCUT2D eigenvalue weighted by Gasteiger charge is -2.27. The molecular weight excluding hydrogens is 407 g/mol. The fourth-order valence-corrected chi connectivity index (χ4v) is 3.47. The lowest BCUT2D eigenvalue weighted by atomic mass is 9.90. The first-order valence-electron chi connectivity index (χ1n) is 6.19. The number of benzene rings is 1. The van der Waals surface area contributed by atoms with Crippen molar-refractivity contribution in [3.05, 3.63) is 31.8 Å². The first kappa shape index (κ1) is 14.7. The van der Waals surface area contributed by atoms with Gasteiger partial charge in [-0.2, -0.15) is 0 Å². The van der Waals surface area contributed by atoms with E-state index in [0.717, 1.165) is 36.9 Å². The lowest BCUT2D eigenvalue weighted by molar-refractivity contribution is 0.0605. The van der Waals surface area contributed by atoms with Gasteiger partial charge < -0.3 is 4.74 Å². The zero-order valence-electron chi connectivity index (χ0n) is 10.2. The van der Waals surface area contributed by atoms with E-state index >= 15 is 0 Å². The third-order valence-corrected chi connectivity index (χ3v) is 4.92. The fourth-order valence-electron chi connectivity index (χ4n) is 2.38. The van der Waals surface area contributed by atoms with Gasteiger partial charge in [-0.3, -0.25) is 11.3 Å². The van der Waals surface area contributed by atoms with Gasteiger partial charge in [0, 0.05) is 27.3 Å². The van der Waals surface area contributed by atoms with Crippen LogP contribution in [-0.4, -0.2) is 13.2 Å². The second kappa shape index (κ2) is 7.19. The van der Waals surface area contributed by atoms with E-state index in [1.165, 1.54) is 9.13 Å². The molecule has 1 aromatic rings. The first-order valence-corrected chi connectivity index (χ1v) is 8.06. The minimum absolute atomic E-state index is 0.220. The summed E-state index contributed by atoms with van der Waals surface area (Å²) in [5, 5.41) is 0. The van der Waals surface area contributed by atoms with E-state index in [0.29, 0.717) is 5.92 Å². The third-order valence-electron chi connectivity index (χ3n) is 3.44. The number of nitrogens with one attached hydrogen (secondary N) is 1. The molecule has 0 radical (unpaired) electrons. The quantitative estimate of drug-likeness (QED) is 0.442. The number of rotatable bonds is 4. The van der Waals surface area contributed by atoms with E-state index in [1.54, 1.807) is 0 Å². The van der Waals surface area contributed by atoms with Crippen LogP contribution in [-0.2, 0) is 4.74 Å². The standard InChI is InChI=1S/C13H18BrIN2O/c14-10-1-2-12(15)11(8-10)13(17-16)7-9-3-5-18-6-4-9/h1-2,8-9,13,17H,3-7,16H2. The monoisotopic (exact) mass is 424 g/mol. The molecule has 3 nitrogen and oxygen atoms in total. The molecule has 0 bridgehead atoms. The van der Waals surface area contributed by atoms with Crippen molar-refractivity contribution in [1.29, 1.82) is 0 Å². The Morgan fingerprint density at radius 3 is 2.83 bits per heavy atom. The van der Waals surface area contributed by atoms with Gasteiger partial charge in [-0.1, -0.05) is 15.9 Å². The number of nitrogens with two attached hydrogens (primary N) is 1. The summed E-state index contributed by atoms with van der Waals surface area (Å²) in [5.74, 6) is 6.44. The van der Waals surface area contributed by atoms with Gasteiger partial charge in [0.2, 0.25) is 0 Å². The van der Waals surface area contributed by atoms with E-state index in [2.05, 4.69) is 62.1 Å². The van der Waals surface area contributed by atoms with Crippen LogP contribution in [0.25, 0.3) is 0 Å². The van der Waals surface area contributed by atoms with Gasteiger partial charge in [-0.25, -0.2) is 0 Å². The maximum absolute atomic E-state index is 5.74. The van der Waals surface area contributed by atoms with Crippen molar-refractivity contribution in [1.82, 2.24) is 5.43 Å². The third kappa shape index (κ3) is 3.90. The SMILES string of the molecule is NNC(CC1CCOCC1)c1cc(Br)ccc1I. The Hall–Kier alpha value is 0.310. The van der Waals surface area contributed by atoms with Crippen molar-refractivity contribution in [2.45, 2.75) is 25.3 Å². The summed E-state index contributed by atoms with van der Waals surface area (Å²) in [6, 6.07) is 6.56. The number of hydrogen-bond donors (Lipinski definition) is 2. The molecule has 1 atom stereocenters. The Kier molecular flexibility index (Phi) is 5.88. The summed E-state index contributed by atoms with van der Waals surface area (Å²) in [4.78, 5) is 0. The van der Waals surface area contributed by atoms with Crippen LogP contribution in [0.4, 0.5) is 0 Å². The summed E-state index contributed by atoms with van der Waals surface area (Å²) in [6.45, 7) is 1.77. The van der Waals surface area contributed by atoms with E-state index in [9.17, 15) is 0 Å². The van der Waals surface area contributed by atoms with Crippen LogP contribution in [0, 0.1) is 9.49 Å². The van der Waals surface area contributed by atoms with Crippen LogP contribution in [0.15, 0.2) is 22.7 Å². The van der Waals surface area contributed by atoms with Crippen molar-refractivity contribution in [2.75, 3.05) is 13.2 Å². The topological polar surface area (TPSA) is 47.3 Å². The second-order valence-electron chi connectivity index (χ2n) is 4.68. The van der Waals surface area contributed by atoms with E-state index in [1.807, 2.05) is 0 Å². The summed E-state index contributed by atoms with van der Waals surface area (Å²) >= 11 is 5.90. The van der Waals surface area contributed by atoms with Crippen molar-refractivity contribution in [2.24, 2.45) is 11.8 Å². The summed E-state index contributed by atoms with van der Waals surface area (Å²) in [6.07, 6.45) is 3.36. The van der Waals surface area contributed by atoms with Gasteiger partial charge in [0.05, 0.1) is 0 Å². The molecule has 0 aliphatic carbocycles. The molecule has 0 spiro atoms. The van der Waals surface area contributed by atoms with Crippen LogP contribution in [0.3, 0.4) is 0 Å². The number of halogens is 2. The number of hydrogen-bond acceptors (Lipinski definition) is 3. The largest absolute Gasteiger partial charge is 0.381 e. The van der Waals surface area contributed by atoms with Gasteiger partial charge in [0.15, 0.2) is 0 Å². The molecule has 1 aliphatic rings. The van der Waals surface area contributed by atoms with Gasteiger partial charge in [0.1, 0.15) is 0 Å². The lowest BCUT2D eigenvalue weighted by Crippen LogP contribution is -2.31. The summed E-state index contributed by atoms with van der Waals surface area (Å²) in [5.41, 5.74) is 4.24. The van der Waals surface area contributed by atoms with E-state index < -0.39 is 0 Å². The van der Waals surface area contributed by atoms with Crippen molar-refractivity contribution < 1.29 is 4.74 Å². The highest BCUT2D eigenvalue weighted by atomic mass is 127. The highest BCUT2D eigenvalue weighted by molar-refractivity contribution is 14.1. The van der Waals surface area contributed by atoms with E-state index in [4.69, 9.17) is 10.6 Å². The van der Waals surface area contributed by atoms with Crippen molar-refractivity contribution in [3.8, 4) is 0 Å². The Balaban J connectivity index is 2.09. The number of hydrazine groups is 1. The van der Waals surface area contributed by atoms with Gasteiger partial charge in [-0.15, -0.1) is 0 Å². The molecule has 1 saturated heterocycles. The number of ether oxygens (including phenoxy) is 1. The Bertz CT molecular complexity index is 397. The van der Waals surface area contributed by atoms with Crippen LogP contribution in [0.2, 0.25) is 0 Å². The van der Waals surface area contributed by atoms with Crippen LogP contribution < -0.4 is 11.3 Å². The second-order valence-corrected chi connectivity index (χ2v) is 6.75. The minimum atomic E-state index is 0.220. The fraction of sp³-hybridized carbons (Fsp3) is 0.538. The smallest absolute Gasteiger partial charge is 0.0473 e. The maximum atomic E-state index is 5.74. The molecule has 18 heavy (non-hydrogen) atoms. The molecule has 3 N–H and O–H groups in total. The zero-order valence-corrected chi connectivity index (χ0v) is 13.9. The molecule has 100 valence electrons.